The molecule has 3 nitrogen and oxygen atoms in total. The third-order valence-electron chi connectivity index (χ3n) is 2.68. The molecule has 0 unspecified atom stereocenters. The van der Waals surface area contributed by atoms with Crippen molar-refractivity contribution in [1.82, 2.24) is 0 Å². The molecule has 0 heterocycles. The second kappa shape index (κ2) is 5.71. The van der Waals surface area contributed by atoms with E-state index in [1.807, 2.05) is 0 Å². The van der Waals surface area contributed by atoms with Crippen molar-refractivity contribution in [2.24, 2.45) is 5.73 Å². The molecule has 0 aromatic heterocycles. The highest BCUT2D eigenvalue weighted by Crippen LogP contribution is 2.20. The molecule has 2 aromatic carbocycles. The first-order valence-electron chi connectivity index (χ1n) is 5.64. The summed E-state index contributed by atoms with van der Waals surface area (Å²) in [5.41, 5.74) is 6.73. The minimum Gasteiger partial charge on any atom is -0.379 e. The van der Waals surface area contributed by atoms with Crippen LogP contribution in [-0.4, -0.2) is 5.91 Å². The van der Waals surface area contributed by atoms with Crippen molar-refractivity contribution in [3.8, 4) is 0 Å². The van der Waals surface area contributed by atoms with Crippen LogP contribution in [0.3, 0.4) is 0 Å². The number of benzene rings is 2. The Kier molecular flexibility index (Phi) is 4.02. The Morgan fingerprint density at radius 1 is 1.26 bits per heavy atom. The van der Waals surface area contributed by atoms with Crippen LogP contribution in [0.4, 0.5) is 10.1 Å². The Bertz CT molecular complexity index is 616. The van der Waals surface area contributed by atoms with Gasteiger partial charge in [0, 0.05) is 17.1 Å². The second-order valence-electron chi connectivity index (χ2n) is 4.00. The molecule has 0 saturated heterocycles. The normalized spacial score (nSPS) is 10.2. The molecule has 1 amide bonds. The molecule has 0 aliphatic carbocycles. The van der Waals surface area contributed by atoms with E-state index in [9.17, 15) is 9.18 Å². The second-order valence-corrected chi connectivity index (χ2v) is 4.44. The molecule has 5 heteroatoms. The Hall–Kier alpha value is -2.07. The molecule has 0 aliphatic heterocycles. The minimum atomic E-state index is -0.506. The number of hydrogen-bond acceptors (Lipinski definition) is 2. The molecule has 2 rings (SSSR count). The third kappa shape index (κ3) is 3.23. The molecule has 0 atom stereocenters. The quantitative estimate of drug-likeness (QED) is 0.902. The van der Waals surface area contributed by atoms with Crippen molar-refractivity contribution < 1.29 is 9.18 Å². The van der Waals surface area contributed by atoms with Crippen molar-refractivity contribution in [2.45, 2.75) is 6.54 Å². The van der Waals surface area contributed by atoms with E-state index in [0.29, 0.717) is 28.4 Å². The van der Waals surface area contributed by atoms with E-state index in [2.05, 4.69) is 5.32 Å². The molecular weight excluding hydrogens is 267 g/mol. The summed E-state index contributed by atoms with van der Waals surface area (Å²) in [5.74, 6) is -0.946. The first-order chi connectivity index (χ1) is 9.08. The van der Waals surface area contributed by atoms with E-state index in [0.717, 1.165) is 0 Å². The molecule has 0 saturated carbocycles. The van der Waals surface area contributed by atoms with E-state index >= 15 is 0 Å². The molecular formula is C14H12ClFN2O. The summed E-state index contributed by atoms with van der Waals surface area (Å²) < 4.78 is 13.6. The Balaban J connectivity index is 2.17. The van der Waals surface area contributed by atoms with Crippen molar-refractivity contribution in [3.05, 3.63) is 64.4 Å². The molecule has 3 N–H and O–H groups in total. The van der Waals surface area contributed by atoms with Crippen LogP contribution in [-0.2, 0) is 6.54 Å². The predicted octanol–water partition coefficient (Wildman–Crippen LogP) is 3.19. The van der Waals surface area contributed by atoms with Gasteiger partial charge in [-0.3, -0.25) is 4.79 Å². The maximum atomic E-state index is 13.6. The summed E-state index contributed by atoms with van der Waals surface area (Å²) in [6.07, 6.45) is 0. The lowest BCUT2D eigenvalue weighted by molar-refractivity contribution is 0.0999. The maximum absolute atomic E-state index is 13.6. The van der Waals surface area contributed by atoms with Gasteiger partial charge in [-0.25, -0.2) is 4.39 Å². The number of rotatable bonds is 4. The van der Waals surface area contributed by atoms with Crippen LogP contribution >= 0.6 is 11.6 Å². The average molecular weight is 279 g/mol. The number of halogens is 2. The zero-order valence-electron chi connectivity index (χ0n) is 9.99. The molecule has 19 heavy (non-hydrogen) atoms. The first kappa shape index (κ1) is 13.4. The standard InChI is InChI=1S/C14H12ClFN2O/c15-10-5-6-13(12(16)7-10)18-8-9-3-1-2-4-11(9)14(17)19/h1-7,18H,8H2,(H2,17,19). The number of amides is 1. The molecule has 0 spiro atoms. The lowest BCUT2D eigenvalue weighted by Gasteiger charge is -2.10. The number of nitrogens with one attached hydrogen (secondary N) is 1. The van der Waals surface area contributed by atoms with Crippen molar-refractivity contribution in [2.75, 3.05) is 5.32 Å². The summed E-state index contributed by atoms with van der Waals surface area (Å²) >= 11 is 5.67. The first-order valence-corrected chi connectivity index (χ1v) is 6.02. The van der Waals surface area contributed by atoms with Crippen LogP contribution in [0.5, 0.6) is 0 Å². The largest absolute Gasteiger partial charge is 0.379 e. The molecule has 0 bridgehead atoms. The summed E-state index contributed by atoms with van der Waals surface area (Å²) in [5, 5.41) is 3.24. The highest BCUT2D eigenvalue weighted by atomic mass is 35.5. The van der Waals surface area contributed by atoms with Gasteiger partial charge in [-0.1, -0.05) is 29.8 Å². The van der Waals surface area contributed by atoms with Crippen LogP contribution < -0.4 is 11.1 Å². The van der Waals surface area contributed by atoms with Gasteiger partial charge in [-0.2, -0.15) is 0 Å². The van der Waals surface area contributed by atoms with Crippen LogP contribution in [0.25, 0.3) is 0 Å². The van der Waals surface area contributed by atoms with E-state index in [1.54, 1.807) is 36.4 Å². The molecule has 0 fully saturated rings. The number of anilines is 1. The van der Waals surface area contributed by atoms with Crippen LogP contribution in [0.1, 0.15) is 15.9 Å². The average Bonchev–Trinajstić information content (AvgIpc) is 2.38. The van der Waals surface area contributed by atoms with Crippen molar-refractivity contribution in [1.29, 1.82) is 0 Å². The fraction of sp³-hybridized carbons (Fsp3) is 0.0714. The third-order valence-corrected chi connectivity index (χ3v) is 2.92. The lowest BCUT2D eigenvalue weighted by atomic mass is 10.1. The van der Waals surface area contributed by atoms with Gasteiger partial charge < -0.3 is 11.1 Å². The van der Waals surface area contributed by atoms with Gasteiger partial charge in [-0.05, 0) is 29.8 Å². The van der Waals surface area contributed by atoms with Gasteiger partial charge in [-0.15, -0.1) is 0 Å². The SMILES string of the molecule is NC(=O)c1ccccc1CNc1ccc(Cl)cc1F. The Morgan fingerprint density at radius 3 is 2.68 bits per heavy atom. The lowest BCUT2D eigenvalue weighted by Crippen LogP contribution is -2.15. The number of nitrogens with two attached hydrogens (primary N) is 1. The van der Waals surface area contributed by atoms with E-state index < -0.39 is 11.7 Å². The van der Waals surface area contributed by atoms with Gasteiger partial charge in [0.25, 0.3) is 0 Å². The van der Waals surface area contributed by atoms with Crippen LogP contribution in [0, 0.1) is 5.82 Å². The fourth-order valence-corrected chi connectivity index (χ4v) is 1.90. The molecule has 2 aromatic rings. The number of hydrogen-bond donors (Lipinski definition) is 2. The fourth-order valence-electron chi connectivity index (χ4n) is 1.74. The highest BCUT2D eigenvalue weighted by Gasteiger charge is 2.08. The van der Waals surface area contributed by atoms with Gasteiger partial charge in [0.2, 0.25) is 5.91 Å². The zero-order valence-corrected chi connectivity index (χ0v) is 10.7. The monoisotopic (exact) mass is 278 g/mol. The number of primary amides is 1. The number of carbonyl (C=O) groups excluding carboxylic acids is 1. The van der Waals surface area contributed by atoms with Crippen LogP contribution in [0.2, 0.25) is 5.02 Å². The van der Waals surface area contributed by atoms with E-state index in [4.69, 9.17) is 17.3 Å². The summed E-state index contributed by atoms with van der Waals surface area (Å²) in [7, 11) is 0. The van der Waals surface area contributed by atoms with Gasteiger partial charge in [0.15, 0.2) is 0 Å². The molecule has 0 aliphatic rings. The summed E-state index contributed by atoms with van der Waals surface area (Å²) in [6, 6.07) is 11.3. The topological polar surface area (TPSA) is 55.1 Å². The maximum Gasteiger partial charge on any atom is 0.249 e. The van der Waals surface area contributed by atoms with Gasteiger partial charge >= 0.3 is 0 Å². The number of carbonyl (C=O) groups is 1. The van der Waals surface area contributed by atoms with E-state index in [-0.39, 0.29) is 0 Å². The van der Waals surface area contributed by atoms with Crippen molar-refractivity contribution in [3.63, 3.8) is 0 Å². The Labute approximate surface area is 115 Å². The summed E-state index contributed by atoms with van der Waals surface area (Å²) in [4.78, 5) is 11.2. The molecule has 0 radical (unpaired) electrons. The minimum absolute atomic E-state index is 0.303. The van der Waals surface area contributed by atoms with Gasteiger partial charge in [0.05, 0.1) is 5.69 Å². The predicted molar refractivity (Wildman–Crippen MR) is 73.7 cm³/mol. The Morgan fingerprint density at radius 2 is 2.00 bits per heavy atom. The summed E-state index contributed by atoms with van der Waals surface area (Å²) in [6.45, 7) is 0.303. The van der Waals surface area contributed by atoms with Crippen molar-refractivity contribution >= 4 is 23.2 Å². The zero-order chi connectivity index (χ0) is 13.8. The van der Waals surface area contributed by atoms with E-state index in [1.165, 1.54) is 6.07 Å². The van der Waals surface area contributed by atoms with Crippen LogP contribution in [0.15, 0.2) is 42.5 Å². The highest BCUT2D eigenvalue weighted by molar-refractivity contribution is 6.30. The molecule has 98 valence electrons. The van der Waals surface area contributed by atoms with Gasteiger partial charge in [0.1, 0.15) is 5.82 Å². The smallest absolute Gasteiger partial charge is 0.249 e.